The van der Waals surface area contributed by atoms with E-state index in [9.17, 15) is 24.3 Å². The van der Waals surface area contributed by atoms with Gasteiger partial charge in [0.05, 0.1) is 10.9 Å². The second-order valence-corrected chi connectivity index (χ2v) is 10.4. The molecule has 0 unspecified atom stereocenters. The van der Waals surface area contributed by atoms with E-state index in [0.717, 1.165) is 39.1 Å². The molecule has 0 spiro atoms. The molecule has 2 N–H and O–H groups in total. The second kappa shape index (κ2) is 8.77. The van der Waals surface area contributed by atoms with E-state index in [1.807, 2.05) is 49.4 Å². The molecule has 2 aliphatic rings. The molecule has 1 fully saturated rings. The fraction of sp³-hybridized carbons (Fsp3) is 0.250. The van der Waals surface area contributed by atoms with Crippen LogP contribution in [0.3, 0.4) is 0 Å². The van der Waals surface area contributed by atoms with E-state index >= 15 is 0 Å². The van der Waals surface area contributed by atoms with Gasteiger partial charge in [0, 0.05) is 16.4 Å². The van der Waals surface area contributed by atoms with Crippen molar-refractivity contribution in [1.82, 2.24) is 9.88 Å². The molecule has 34 heavy (non-hydrogen) atoms. The number of carboxylic acid groups (broad SMARTS) is 1. The Morgan fingerprint density at radius 3 is 2.68 bits per heavy atom. The number of imide groups is 1. The Hall–Kier alpha value is -3.37. The Morgan fingerprint density at radius 1 is 1.12 bits per heavy atom. The summed E-state index contributed by atoms with van der Waals surface area (Å²) in [4.78, 5) is 53.8. The van der Waals surface area contributed by atoms with Gasteiger partial charge in [-0.2, -0.15) is 0 Å². The highest BCUT2D eigenvalue weighted by molar-refractivity contribution is 8.00. The normalized spacial score (nSPS) is 21.3. The molecular weight excluding hydrogens is 476 g/mol. The Balaban J connectivity index is 1.56. The first-order valence-corrected chi connectivity index (χ1v) is 12.3. The number of likely N-dealkylation sites (tertiary alicyclic amines) is 1. The maximum absolute atomic E-state index is 13.3. The van der Waals surface area contributed by atoms with Crippen molar-refractivity contribution in [3.63, 3.8) is 0 Å². The summed E-state index contributed by atoms with van der Waals surface area (Å²) in [5.41, 5.74) is 2.77. The molecule has 0 aliphatic carbocycles. The number of aromatic nitrogens is 1. The van der Waals surface area contributed by atoms with E-state index in [1.54, 1.807) is 6.07 Å². The molecule has 0 bridgehead atoms. The van der Waals surface area contributed by atoms with Crippen molar-refractivity contribution < 1.29 is 24.2 Å². The molecule has 2 aliphatic heterocycles. The summed E-state index contributed by atoms with van der Waals surface area (Å²) in [6, 6.07) is 15.2. The van der Waals surface area contributed by atoms with Crippen LogP contribution in [-0.4, -0.2) is 44.6 Å². The van der Waals surface area contributed by atoms with Crippen LogP contribution < -0.4 is 9.61 Å². The number of nitrogens with one attached hydrogen (secondary N) is 1. The fourth-order valence-electron chi connectivity index (χ4n) is 4.53. The minimum absolute atomic E-state index is 0.275. The zero-order chi connectivity index (χ0) is 24.0. The Bertz CT molecular complexity index is 1360. The number of hydrogen-bond donors (Lipinski definition) is 2. The number of aryl methyl sites for hydroxylation is 1. The summed E-state index contributed by atoms with van der Waals surface area (Å²) in [7, 11) is 0. The number of benzene rings is 2. The average molecular weight is 497 g/mol. The third-order valence-corrected chi connectivity index (χ3v) is 8.34. The highest BCUT2D eigenvalue weighted by Crippen LogP contribution is 2.53. The monoisotopic (exact) mass is 496 g/mol. The van der Waals surface area contributed by atoms with Gasteiger partial charge >= 0.3 is 10.8 Å². The maximum Gasteiger partial charge on any atom is 0.323 e. The molecule has 2 aromatic carbocycles. The number of rotatable bonds is 6. The van der Waals surface area contributed by atoms with Gasteiger partial charge in [0.15, 0.2) is 0 Å². The number of carbonyl (C=O) groups is 3. The topological polar surface area (TPSA) is 117 Å². The van der Waals surface area contributed by atoms with Crippen molar-refractivity contribution in [3.8, 4) is 5.75 Å². The lowest BCUT2D eigenvalue weighted by molar-refractivity contribution is -0.149. The van der Waals surface area contributed by atoms with Crippen LogP contribution in [0.1, 0.15) is 27.5 Å². The van der Waals surface area contributed by atoms with Gasteiger partial charge < -0.3 is 14.8 Å². The fourth-order valence-corrected chi connectivity index (χ4v) is 7.06. The van der Waals surface area contributed by atoms with Crippen molar-refractivity contribution in [2.75, 3.05) is 6.54 Å². The van der Waals surface area contributed by atoms with Gasteiger partial charge in [-0.05, 0) is 18.6 Å². The smallest absolute Gasteiger partial charge is 0.323 e. The molecule has 1 aromatic heterocycles. The van der Waals surface area contributed by atoms with E-state index in [0.29, 0.717) is 27.8 Å². The average Bonchev–Trinajstić information content (AvgIpc) is 3.28. The number of carbonyl (C=O) groups excluding carboxylic acids is 2. The summed E-state index contributed by atoms with van der Waals surface area (Å²) < 4.78 is 6.16. The van der Waals surface area contributed by atoms with Crippen molar-refractivity contribution >= 4 is 40.9 Å². The molecule has 0 saturated carbocycles. The highest BCUT2D eigenvalue weighted by atomic mass is 32.2. The number of amides is 2. The van der Waals surface area contributed by atoms with Crippen LogP contribution in [-0.2, 0) is 21.0 Å². The number of fused-ring (bicyclic) bond motifs is 2. The van der Waals surface area contributed by atoms with Gasteiger partial charge in [0.1, 0.15) is 24.2 Å². The van der Waals surface area contributed by atoms with Gasteiger partial charge in [0.2, 0.25) is 11.8 Å². The molecule has 5 rings (SSSR count). The largest absolute Gasteiger partial charge is 0.489 e. The lowest BCUT2D eigenvalue weighted by atomic mass is 9.82. The van der Waals surface area contributed by atoms with E-state index in [4.69, 9.17) is 4.74 Å². The molecule has 3 atom stereocenters. The quantitative estimate of drug-likeness (QED) is 0.504. The standard InChI is InChI=1S/C24H20N2O6S2/c1-12-5-4-6-13(9-12)11-32-15-8-3-2-7-14(15)17-18-20(33-21-19(17)34-24(31)25-21)23(30)26(22(18)29)10-16(27)28/h2-9,17-18,20H,10-11H2,1H3,(H,25,31)(H,27,28)/t17-,18+,20-/m0/s1. The third kappa shape index (κ3) is 3.92. The van der Waals surface area contributed by atoms with Crippen LogP contribution in [0.2, 0.25) is 0 Å². The number of aliphatic carboxylic acids is 1. The summed E-state index contributed by atoms with van der Waals surface area (Å²) in [6.45, 7) is 1.62. The van der Waals surface area contributed by atoms with E-state index in [1.165, 1.54) is 0 Å². The van der Waals surface area contributed by atoms with Crippen molar-refractivity contribution in [2.24, 2.45) is 5.92 Å². The Labute approximate surface area is 202 Å². The zero-order valence-corrected chi connectivity index (χ0v) is 19.7. The number of ether oxygens (including phenoxy) is 1. The predicted octanol–water partition coefficient (Wildman–Crippen LogP) is 3.00. The van der Waals surface area contributed by atoms with Crippen LogP contribution in [0, 0.1) is 12.8 Å². The molecule has 1 saturated heterocycles. The first-order chi connectivity index (χ1) is 16.3. The van der Waals surface area contributed by atoms with Crippen LogP contribution >= 0.6 is 23.1 Å². The zero-order valence-electron chi connectivity index (χ0n) is 18.0. The minimum Gasteiger partial charge on any atom is -0.489 e. The number of para-hydroxylation sites is 1. The van der Waals surface area contributed by atoms with Gasteiger partial charge in [0.25, 0.3) is 0 Å². The minimum atomic E-state index is -1.26. The molecule has 8 nitrogen and oxygen atoms in total. The van der Waals surface area contributed by atoms with Crippen LogP contribution in [0.4, 0.5) is 0 Å². The van der Waals surface area contributed by atoms with Crippen LogP contribution in [0.5, 0.6) is 5.75 Å². The van der Waals surface area contributed by atoms with Gasteiger partial charge in [-0.3, -0.25) is 24.1 Å². The van der Waals surface area contributed by atoms with Gasteiger partial charge in [-0.1, -0.05) is 71.1 Å². The van der Waals surface area contributed by atoms with Gasteiger partial charge in [-0.15, -0.1) is 0 Å². The number of H-pyrrole nitrogens is 1. The number of carboxylic acids is 1. The Kier molecular flexibility index (Phi) is 5.78. The van der Waals surface area contributed by atoms with Crippen molar-refractivity contribution in [3.05, 3.63) is 79.8 Å². The van der Waals surface area contributed by atoms with E-state index in [-0.39, 0.29) is 4.87 Å². The first-order valence-electron chi connectivity index (χ1n) is 10.6. The molecular formula is C24H20N2O6S2. The highest BCUT2D eigenvalue weighted by Gasteiger charge is 2.56. The summed E-state index contributed by atoms with van der Waals surface area (Å²) in [5.74, 6) is -3.26. The first kappa shape index (κ1) is 22.4. The SMILES string of the molecule is Cc1cccc(COc2ccccc2[C@@H]2c3sc(=O)[nH]c3S[C@@H]3C(=O)N(CC(=O)O)C(=O)[C@H]23)c1. The van der Waals surface area contributed by atoms with Gasteiger partial charge in [-0.25, -0.2) is 0 Å². The second-order valence-electron chi connectivity index (χ2n) is 8.22. The van der Waals surface area contributed by atoms with Crippen molar-refractivity contribution in [2.45, 2.75) is 29.7 Å². The molecule has 174 valence electrons. The number of hydrogen-bond acceptors (Lipinski definition) is 7. The molecule has 2 amide bonds. The van der Waals surface area contributed by atoms with Crippen LogP contribution in [0.15, 0.2) is 58.4 Å². The van der Waals surface area contributed by atoms with E-state index in [2.05, 4.69) is 4.98 Å². The number of aromatic amines is 1. The Morgan fingerprint density at radius 2 is 1.91 bits per heavy atom. The lowest BCUT2D eigenvalue weighted by Gasteiger charge is -2.30. The molecule has 3 aromatic rings. The predicted molar refractivity (Wildman–Crippen MR) is 126 cm³/mol. The molecule has 3 heterocycles. The van der Waals surface area contributed by atoms with E-state index < -0.39 is 41.4 Å². The summed E-state index contributed by atoms with van der Waals surface area (Å²) >= 11 is 2.12. The summed E-state index contributed by atoms with van der Waals surface area (Å²) in [5, 5.41) is 8.93. The molecule has 0 radical (unpaired) electrons. The number of nitrogens with zero attached hydrogens (tertiary/aromatic N) is 1. The maximum atomic E-state index is 13.3. The third-order valence-electron chi connectivity index (χ3n) is 5.94. The molecule has 10 heteroatoms. The lowest BCUT2D eigenvalue weighted by Crippen LogP contribution is -2.36. The summed E-state index contributed by atoms with van der Waals surface area (Å²) in [6.07, 6.45) is 0. The van der Waals surface area contributed by atoms with Crippen LogP contribution in [0.25, 0.3) is 0 Å². The number of thioether (sulfide) groups is 1. The number of thiazole rings is 1. The van der Waals surface area contributed by atoms with Crippen molar-refractivity contribution in [1.29, 1.82) is 0 Å².